The standard InChI is InChI=1S/C25H23NO2/c1-26(2)20-13-7-11-17-10-6-12-19(23(17)20)25(26)24-21(27)14-18(15-22(24)28)16-8-4-3-5-9-16/h3-13,18,25H,14-15H2,1-2H3/p+1. The van der Waals surface area contributed by atoms with E-state index in [2.05, 4.69) is 50.5 Å². The average Bonchev–Trinajstić information content (AvgIpc) is 2.92. The molecule has 2 aliphatic rings. The van der Waals surface area contributed by atoms with Crippen molar-refractivity contribution in [2.75, 3.05) is 14.1 Å². The van der Waals surface area contributed by atoms with Gasteiger partial charge in [0.1, 0.15) is 11.4 Å². The quantitative estimate of drug-likeness (QED) is 0.612. The summed E-state index contributed by atoms with van der Waals surface area (Å²) in [6, 6.07) is 22.5. The van der Waals surface area contributed by atoms with Gasteiger partial charge in [0.25, 0.3) is 0 Å². The molecule has 1 aliphatic carbocycles. The third-order valence-corrected chi connectivity index (χ3v) is 6.50. The zero-order chi connectivity index (χ0) is 19.5. The smallest absolute Gasteiger partial charge is 0.169 e. The molecule has 0 fully saturated rings. The Morgan fingerprint density at radius 3 is 2.32 bits per heavy atom. The molecule has 0 amide bonds. The number of hydrogen-bond donors (Lipinski definition) is 1. The van der Waals surface area contributed by atoms with E-state index in [0.717, 1.165) is 11.1 Å². The Kier molecular flexibility index (Phi) is 3.72. The zero-order valence-electron chi connectivity index (χ0n) is 16.2. The first-order valence-electron chi connectivity index (χ1n) is 9.84. The predicted octanol–water partition coefficient (Wildman–Crippen LogP) is 5.42. The molecule has 0 radical (unpaired) electrons. The highest BCUT2D eigenvalue weighted by molar-refractivity contribution is 6.05. The maximum absolute atomic E-state index is 13.3. The maximum atomic E-state index is 13.3. The Balaban J connectivity index is 1.64. The monoisotopic (exact) mass is 370 g/mol. The largest absolute Gasteiger partial charge is 0.512 e. The predicted molar refractivity (Wildman–Crippen MR) is 113 cm³/mol. The Morgan fingerprint density at radius 2 is 1.61 bits per heavy atom. The third-order valence-electron chi connectivity index (χ3n) is 6.50. The van der Waals surface area contributed by atoms with Gasteiger partial charge >= 0.3 is 0 Å². The second kappa shape index (κ2) is 6.05. The van der Waals surface area contributed by atoms with E-state index in [1.165, 1.54) is 16.5 Å². The van der Waals surface area contributed by atoms with Crippen molar-refractivity contribution in [2.45, 2.75) is 24.8 Å². The Labute approximate surface area is 165 Å². The van der Waals surface area contributed by atoms with Gasteiger partial charge in [-0.1, -0.05) is 60.7 Å². The minimum atomic E-state index is -0.162. The second-order valence-corrected chi connectivity index (χ2v) is 8.46. The van der Waals surface area contributed by atoms with Crippen molar-refractivity contribution in [3.8, 4) is 0 Å². The number of hydrogen-bond acceptors (Lipinski definition) is 2. The minimum Gasteiger partial charge on any atom is -0.512 e. The van der Waals surface area contributed by atoms with Crippen LogP contribution in [0.2, 0.25) is 0 Å². The molecule has 0 bridgehead atoms. The summed E-state index contributed by atoms with van der Waals surface area (Å²) in [7, 11) is 4.27. The summed E-state index contributed by atoms with van der Waals surface area (Å²) >= 11 is 0. The van der Waals surface area contributed by atoms with Crippen LogP contribution in [0.5, 0.6) is 0 Å². The number of benzene rings is 3. The fraction of sp³-hybridized carbons (Fsp3) is 0.240. The molecule has 3 nitrogen and oxygen atoms in total. The molecular weight excluding hydrogens is 346 g/mol. The summed E-state index contributed by atoms with van der Waals surface area (Å²) in [5.41, 5.74) is 4.07. The van der Waals surface area contributed by atoms with Gasteiger partial charge in [-0.2, -0.15) is 0 Å². The summed E-state index contributed by atoms with van der Waals surface area (Å²) in [6.07, 6.45) is 0.972. The van der Waals surface area contributed by atoms with Crippen LogP contribution in [-0.2, 0) is 4.79 Å². The number of aliphatic hydroxyl groups is 1. The van der Waals surface area contributed by atoms with Crippen LogP contribution < -0.4 is 4.48 Å². The van der Waals surface area contributed by atoms with Crippen molar-refractivity contribution in [1.82, 2.24) is 4.48 Å². The van der Waals surface area contributed by atoms with Crippen molar-refractivity contribution >= 4 is 22.2 Å². The van der Waals surface area contributed by atoms with E-state index >= 15 is 0 Å². The second-order valence-electron chi connectivity index (χ2n) is 8.46. The fourth-order valence-corrected chi connectivity index (χ4v) is 5.20. The van der Waals surface area contributed by atoms with Crippen LogP contribution in [0.1, 0.15) is 35.9 Å². The maximum Gasteiger partial charge on any atom is 0.169 e. The van der Waals surface area contributed by atoms with Crippen molar-refractivity contribution in [3.05, 3.63) is 89.2 Å². The number of ketones is 1. The lowest BCUT2D eigenvalue weighted by Crippen LogP contribution is -2.44. The van der Waals surface area contributed by atoms with E-state index in [-0.39, 0.29) is 23.5 Å². The summed E-state index contributed by atoms with van der Waals surface area (Å²) in [5.74, 6) is 0.373. The first kappa shape index (κ1) is 17.2. The van der Waals surface area contributed by atoms with E-state index in [1.54, 1.807) is 0 Å². The first-order chi connectivity index (χ1) is 13.5. The normalized spacial score (nSPS) is 23.4. The lowest BCUT2D eigenvalue weighted by molar-refractivity contribution is -0.117. The van der Waals surface area contributed by atoms with Crippen molar-refractivity contribution < 1.29 is 9.90 Å². The molecular formula is C25H24NO2+. The molecule has 2 unspecified atom stereocenters. The topological polar surface area (TPSA) is 37.3 Å². The molecule has 140 valence electrons. The molecule has 0 spiro atoms. The highest BCUT2D eigenvalue weighted by atomic mass is 16.3. The number of rotatable bonds is 2. The van der Waals surface area contributed by atoms with E-state index in [9.17, 15) is 9.90 Å². The molecule has 0 saturated carbocycles. The number of likely N-dealkylation sites (N-methyl/N-ethyl adjacent to an activating group) is 1. The van der Waals surface area contributed by atoms with Gasteiger partial charge in [0.2, 0.25) is 0 Å². The SMILES string of the molecule is C[N+]1(C)c2cccc3cccc(c23)C1C1=C(O)CC(c2ccccc2)CC1=O. The summed E-state index contributed by atoms with van der Waals surface area (Å²) in [4.78, 5) is 13.3. The summed E-state index contributed by atoms with van der Waals surface area (Å²) < 4.78 is 0.553. The molecule has 3 aromatic carbocycles. The first-order valence-corrected chi connectivity index (χ1v) is 9.84. The van der Waals surface area contributed by atoms with Crippen LogP contribution in [0.25, 0.3) is 10.8 Å². The number of allylic oxidation sites excluding steroid dienone is 1. The van der Waals surface area contributed by atoms with E-state index in [0.29, 0.717) is 22.9 Å². The molecule has 0 saturated heterocycles. The number of Topliss-reactive ketones (excluding diaryl/α,β-unsaturated/α-hetero) is 1. The molecule has 0 aromatic heterocycles. The number of quaternary nitrogens is 1. The van der Waals surface area contributed by atoms with E-state index in [1.807, 2.05) is 30.3 Å². The minimum absolute atomic E-state index is 0.0487. The van der Waals surface area contributed by atoms with Gasteiger partial charge in [-0.3, -0.25) is 9.28 Å². The van der Waals surface area contributed by atoms with Gasteiger partial charge in [-0.05, 0) is 22.9 Å². The van der Waals surface area contributed by atoms with Crippen LogP contribution in [0.4, 0.5) is 5.69 Å². The van der Waals surface area contributed by atoms with Gasteiger partial charge in [0, 0.05) is 18.4 Å². The number of aliphatic hydroxyl groups excluding tert-OH is 1. The molecule has 1 aliphatic heterocycles. The molecule has 1 N–H and O–H groups in total. The van der Waals surface area contributed by atoms with Crippen molar-refractivity contribution in [3.63, 3.8) is 0 Å². The Hall–Kier alpha value is -2.91. The van der Waals surface area contributed by atoms with Gasteiger partial charge in [-0.25, -0.2) is 0 Å². The van der Waals surface area contributed by atoms with Gasteiger partial charge in [0.15, 0.2) is 11.8 Å². The van der Waals surface area contributed by atoms with Crippen LogP contribution >= 0.6 is 0 Å². The zero-order valence-corrected chi connectivity index (χ0v) is 16.2. The van der Waals surface area contributed by atoms with Gasteiger partial charge < -0.3 is 5.11 Å². The Bertz CT molecular complexity index is 1120. The van der Waals surface area contributed by atoms with Gasteiger partial charge in [0.05, 0.1) is 25.1 Å². The van der Waals surface area contributed by atoms with Crippen LogP contribution in [0.3, 0.4) is 0 Å². The van der Waals surface area contributed by atoms with Crippen LogP contribution in [0, 0.1) is 0 Å². The summed E-state index contributed by atoms with van der Waals surface area (Å²) in [5, 5.41) is 13.5. The highest BCUT2D eigenvalue weighted by Crippen LogP contribution is 2.52. The van der Waals surface area contributed by atoms with Crippen LogP contribution in [-0.4, -0.2) is 25.0 Å². The summed E-state index contributed by atoms with van der Waals surface area (Å²) in [6.45, 7) is 0. The number of nitrogens with zero attached hydrogens (tertiary/aromatic N) is 1. The lowest BCUT2D eigenvalue weighted by atomic mass is 9.79. The molecule has 5 rings (SSSR count). The molecule has 2 atom stereocenters. The molecule has 28 heavy (non-hydrogen) atoms. The molecule has 3 aromatic rings. The van der Waals surface area contributed by atoms with Crippen molar-refractivity contribution in [1.29, 1.82) is 0 Å². The van der Waals surface area contributed by atoms with Crippen LogP contribution in [0.15, 0.2) is 78.1 Å². The van der Waals surface area contributed by atoms with Gasteiger partial charge in [-0.15, -0.1) is 0 Å². The average molecular weight is 370 g/mol. The fourth-order valence-electron chi connectivity index (χ4n) is 5.20. The molecule has 1 heterocycles. The third kappa shape index (κ3) is 2.36. The van der Waals surface area contributed by atoms with Crippen molar-refractivity contribution in [2.24, 2.45) is 0 Å². The Morgan fingerprint density at radius 1 is 0.893 bits per heavy atom. The van der Waals surface area contributed by atoms with E-state index < -0.39 is 0 Å². The number of carbonyl (C=O) groups is 1. The number of carbonyl (C=O) groups excluding carboxylic acids is 1. The highest BCUT2D eigenvalue weighted by Gasteiger charge is 2.48. The molecule has 3 heteroatoms. The van der Waals surface area contributed by atoms with E-state index in [4.69, 9.17) is 0 Å². The lowest BCUT2D eigenvalue weighted by Gasteiger charge is -2.36.